The van der Waals surface area contributed by atoms with E-state index < -0.39 is 32.4 Å². The first kappa shape index (κ1) is 13.8. The van der Waals surface area contributed by atoms with E-state index in [4.69, 9.17) is 14.8 Å². The van der Waals surface area contributed by atoms with Crippen LogP contribution in [0.2, 0.25) is 0 Å². The van der Waals surface area contributed by atoms with E-state index in [0.29, 0.717) is 5.56 Å². The second kappa shape index (κ2) is 5.19. The van der Waals surface area contributed by atoms with Crippen LogP contribution in [0.3, 0.4) is 0 Å². The number of nitrogens with zero attached hydrogens (tertiary/aromatic N) is 1. The third-order valence-corrected chi connectivity index (χ3v) is 4.11. The topological polar surface area (TPSA) is 108 Å². The van der Waals surface area contributed by atoms with Crippen molar-refractivity contribution in [1.82, 2.24) is 0 Å². The Morgan fingerprint density at radius 2 is 1.95 bits per heavy atom. The van der Waals surface area contributed by atoms with Gasteiger partial charge < -0.3 is 9.52 Å². The van der Waals surface area contributed by atoms with E-state index in [1.807, 2.05) is 6.07 Å². The van der Waals surface area contributed by atoms with E-state index in [1.165, 1.54) is 12.1 Å². The van der Waals surface area contributed by atoms with Gasteiger partial charge in [0, 0.05) is 0 Å². The van der Waals surface area contributed by atoms with Gasteiger partial charge in [0.15, 0.2) is 0 Å². The fourth-order valence-corrected chi connectivity index (χ4v) is 2.93. The maximum Gasteiger partial charge on any atom is 0.371 e. The number of carboxylic acid groups (broad SMARTS) is 1. The van der Waals surface area contributed by atoms with Gasteiger partial charge in [0.25, 0.3) is 0 Å². The molecule has 20 heavy (non-hydrogen) atoms. The molecule has 0 bridgehead atoms. The van der Waals surface area contributed by atoms with Gasteiger partial charge in [-0.3, -0.25) is 0 Å². The first-order chi connectivity index (χ1) is 9.44. The third kappa shape index (κ3) is 2.70. The van der Waals surface area contributed by atoms with Gasteiger partial charge in [-0.2, -0.15) is 5.26 Å². The molecule has 0 aliphatic heterocycles. The van der Waals surface area contributed by atoms with E-state index in [1.54, 1.807) is 12.1 Å². The number of carboxylic acids is 1. The van der Waals surface area contributed by atoms with Crippen molar-refractivity contribution in [2.75, 3.05) is 0 Å². The highest BCUT2D eigenvalue weighted by Gasteiger charge is 2.22. The van der Waals surface area contributed by atoms with E-state index >= 15 is 0 Å². The third-order valence-electron chi connectivity index (χ3n) is 2.58. The van der Waals surface area contributed by atoms with Gasteiger partial charge in [-0.25, -0.2) is 13.2 Å². The maximum absolute atomic E-state index is 12.1. The molecule has 6 nitrogen and oxygen atoms in total. The van der Waals surface area contributed by atoms with Crippen LogP contribution in [-0.4, -0.2) is 19.5 Å². The minimum atomic E-state index is -3.84. The Bertz CT molecular complexity index is 798. The number of nitriles is 1. The number of rotatable bonds is 4. The number of hydrogen-bond donors (Lipinski definition) is 1. The highest BCUT2D eigenvalue weighted by atomic mass is 32.2. The standard InChI is InChI=1S/C13H9NO5S/c14-7-9-3-1-2-4-10(9)8-20(17,18)12-6-5-11(19-12)13(15)16/h1-6H,8H2,(H,15,16). The van der Waals surface area contributed by atoms with Gasteiger partial charge in [-0.15, -0.1) is 0 Å². The molecule has 0 saturated carbocycles. The predicted octanol–water partition coefficient (Wildman–Crippen LogP) is 1.82. The second-order valence-corrected chi connectivity index (χ2v) is 5.87. The van der Waals surface area contributed by atoms with Crippen molar-refractivity contribution in [3.05, 3.63) is 53.3 Å². The number of carbonyl (C=O) groups is 1. The first-order valence-corrected chi connectivity index (χ1v) is 7.13. The Hall–Kier alpha value is -2.59. The highest BCUT2D eigenvalue weighted by molar-refractivity contribution is 7.90. The van der Waals surface area contributed by atoms with Gasteiger partial charge in [-0.05, 0) is 23.8 Å². The van der Waals surface area contributed by atoms with Gasteiger partial charge in [-0.1, -0.05) is 18.2 Å². The monoisotopic (exact) mass is 291 g/mol. The van der Waals surface area contributed by atoms with Crippen molar-refractivity contribution in [2.45, 2.75) is 10.8 Å². The lowest BCUT2D eigenvalue weighted by molar-refractivity contribution is 0.0656. The summed E-state index contributed by atoms with van der Waals surface area (Å²) in [5, 5.41) is 17.2. The summed E-state index contributed by atoms with van der Waals surface area (Å²) >= 11 is 0. The normalized spacial score (nSPS) is 10.9. The number of benzene rings is 1. The zero-order valence-electron chi connectivity index (χ0n) is 10.1. The number of furan rings is 1. The molecule has 0 aliphatic carbocycles. The van der Waals surface area contributed by atoms with Crippen molar-refractivity contribution < 1.29 is 22.7 Å². The summed E-state index contributed by atoms with van der Waals surface area (Å²) in [6, 6.07) is 10.4. The molecule has 0 atom stereocenters. The van der Waals surface area contributed by atoms with Crippen molar-refractivity contribution >= 4 is 15.8 Å². The van der Waals surface area contributed by atoms with Crippen molar-refractivity contribution in [2.24, 2.45) is 0 Å². The first-order valence-electron chi connectivity index (χ1n) is 5.48. The largest absolute Gasteiger partial charge is 0.475 e. The molecular weight excluding hydrogens is 282 g/mol. The molecule has 0 radical (unpaired) electrons. The lowest BCUT2D eigenvalue weighted by Gasteiger charge is -2.03. The lowest BCUT2D eigenvalue weighted by atomic mass is 10.1. The molecule has 1 heterocycles. The Morgan fingerprint density at radius 1 is 1.25 bits per heavy atom. The summed E-state index contributed by atoms with van der Waals surface area (Å²) in [5.41, 5.74) is 0.587. The molecule has 0 unspecified atom stereocenters. The number of aromatic carboxylic acids is 1. The minimum Gasteiger partial charge on any atom is -0.475 e. The fourth-order valence-electron chi connectivity index (χ4n) is 1.63. The molecule has 0 aliphatic rings. The maximum atomic E-state index is 12.1. The minimum absolute atomic E-state index is 0.251. The van der Waals surface area contributed by atoms with Crippen LogP contribution >= 0.6 is 0 Å². The van der Waals surface area contributed by atoms with Crippen LogP contribution in [0.1, 0.15) is 21.7 Å². The van der Waals surface area contributed by atoms with Crippen LogP contribution in [-0.2, 0) is 15.6 Å². The van der Waals surface area contributed by atoms with Gasteiger partial charge in [0.1, 0.15) is 0 Å². The number of sulfone groups is 1. The van der Waals surface area contributed by atoms with E-state index in [2.05, 4.69) is 0 Å². The molecule has 2 rings (SSSR count). The molecule has 1 aromatic heterocycles. The fraction of sp³-hybridized carbons (Fsp3) is 0.0769. The zero-order valence-corrected chi connectivity index (χ0v) is 10.9. The highest BCUT2D eigenvalue weighted by Crippen LogP contribution is 2.21. The molecule has 102 valence electrons. The van der Waals surface area contributed by atoms with Crippen molar-refractivity contribution in [1.29, 1.82) is 5.26 Å². The molecule has 1 aromatic carbocycles. The molecule has 0 fully saturated rings. The summed E-state index contributed by atoms with van der Waals surface area (Å²) in [6.45, 7) is 0. The molecule has 0 amide bonds. The van der Waals surface area contributed by atoms with E-state index in [-0.39, 0.29) is 5.56 Å². The summed E-state index contributed by atoms with van der Waals surface area (Å²) in [7, 11) is -3.84. The molecule has 1 N–H and O–H groups in total. The smallest absolute Gasteiger partial charge is 0.371 e. The van der Waals surface area contributed by atoms with Crippen molar-refractivity contribution in [3.8, 4) is 6.07 Å². The van der Waals surface area contributed by atoms with Crippen LogP contribution in [0.15, 0.2) is 45.9 Å². The van der Waals surface area contributed by atoms with Gasteiger partial charge in [0.2, 0.25) is 20.7 Å². The Kier molecular flexibility index (Phi) is 3.59. The molecule has 7 heteroatoms. The van der Waals surface area contributed by atoms with Crippen LogP contribution < -0.4 is 0 Å². The van der Waals surface area contributed by atoms with Crippen LogP contribution in [0.4, 0.5) is 0 Å². The quantitative estimate of drug-likeness (QED) is 0.920. The molecule has 0 spiro atoms. The average Bonchev–Trinajstić information content (AvgIpc) is 2.89. The summed E-state index contributed by atoms with van der Waals surface area (Å²) in [5.74, 6) is -2.22. The Morgan fingerprint density at radius 3 is 2.55 bits per heavy atom. The zero-order chi connectivity index (χ0) is 14.8. The summed E-state index contributed by atoms with van der Waals surface area (Å²) in [6.07, 6.45) is 0. The summed E-state index contributed by atoms with van der Waals surface area (Å²) < 4.78 is 29.0. The van der Waals surface area contributed by atoms with Gasteiger partial charge in [0.05, 0.1) is 17.4 Å². The van der Waals surface area contributed by atoms with Crippen LogP contribution in [0, 0.1) is 11.3 Å². The predicted molar refractivity (Wildman–Crippen MR) is 67.7 cm³/mol. The van der Waals surface area contributed by atoms with Crippen LogP contribution in [0.25, 0.3) is 0 Å². The lowest BCUT2D eigenvalue weighted by Crippen LogP contribution is -2.05. The molecule has 2 aromatic rings. The van der Waals surface area contributed by atoms with E-state index in [0.717, 1.165) is 12.1 Å². The van der Waals surface area contributed by atoms with E-state index in [9.17, 15) is 13.2 Å². The Labute approximate surface area is 114 Å². The van der Waals surface area contributed by atoms with Crippen LogP contribution in [0.5, 0.6) is 0 Å². The SMILES string of the molecule is N#Cc1ccccc1CS(=O)(=O)c1ccc(C(=O)O)o1. The number of hydrogen-bond acceptors (Lipinski definition) is 5. The average molecular weight is 291 g/mol. The molecular formula is C13H9NO5S. The second-order valence-electron chi connectivity index (χ2n) is 3.95. The Balaban J connectivity index is 2.36. The van der Waals surface area contributed by atoms with Gasteiger partial charge >= 0.3 is 5.97 Å². The summed E-state index contributed by atoms with van der Waals surface area (Å²) in [4.78, 5) is 10.7. The van der Waals surface area contributed by atoms with Crippen molar-refractivity contribution in [3.63, 3.8) is 0 Å². The molecule has 0 saturated heterocycles.